The lowest BCUT2D eigenvalue weighted by Gasteiger charge is -2.16. The number of carbonyl (C=O) groups excluding carboxylic acids is 1. The lowest BCUT2D eigenvalue weighted by molar-refractivity contribution is 0.0682. The van der Waals surface area contributed by atoms with Crippen LogP contribution in [0, 0.1) is 0 Å². The average Bonchev–Trinajstić information content (AvgIpc) is 2.43. The van der Waals surface area contributed by atoms with Crippen molar-refractivity contribution in [3.63, 3.8) is 0 Å². The highest BCUT2D eigenvalue weighted by atomic mass is 16.5. The molecule has 5 heteroatoms. The van der Waals surface area contributed by atoms with Gasteiger partial charge in [0.2, 0.25) is 0 Å². The van der Waals surface area contributed by atoms with Crippen LogP contribution in [0.4, 0.5) is 16.2 Å². The van der Waals surface area contributed by atoms with Crippen molar-refractivity contribution in [3.05, 3.63) is 24.3 Å². The van der Waals surface area contributed by atoms with Gasteiger partial charge in [-0.05, 0) is 31.5 Å². The molecule has 2 N–H and O–H groups in total. The minimum Gasteiger partial charge on any atom is -0.378 e. The Kier molecular flexibility index (Phi) is 6.87. The van der Waals surface area contributed by atoms with Gasteiger partial charge in [0.25, 0.3) is 0 Å². The Morgan fingerprint density at radius 3 is 2.80 bits per heavy atom. The average molecular weight is 279 g/mol. The number of hydrogen-bond acceptors (Lipinski definition) is 3. The number of anilines is 2. The molecule has 0 aliphatic heterocycles. The van der Waals surface area contributed by atoms with Crippen LogP contribution in [0.3, 0.4) is 0 Å². The standard InChI is InChI=1S/C15H25N3O2/c1-5-9-20-12(2)11-16-15(19)17-13-7-6-8-14(10-13)18(3)4/h6-8,10,12H,5,9,11H2,1-4H3,(H2,16,17,19). The summed E-state index contributed by atoms with van der Waals surface area (Å²) in [6, 6.07) is 7.48. The number of ether oxygens (including phenoxy) is 1. The van der Waals surface area contributed by atoms with Crippen molar-refractivity contribution in [1.29, 1.82) is 0 Å². The molecule has 0 heterocycles. The first-order valence-electron chi connectivity index (χ1n) is 6.96. The molecule has 0 saturated heterocycles. The quantitative estimate of drug-likeness (QED) is 0.807. The van der Waals surface area contributed by atoms with Crippen LogP contribution in [0.25, 0.3) is 0 Å². The molecule has 0 aliphatic rings. The van der Waals surface area contributed by atoms with Gasteiger partial charge in [-0.25, -0.2) is 4.79 Å². The first-order valence-corrected chi connectivity index (χ1v) is 6.96. The monoisotopic (exact) mass is 279 g/mol. The topological polar surface area (TPSA) is 53.6 Å². The molecule has 0 aliphatic carbocycles. The maximum absolute atomic E-state index is 11.8. The summed E-state index contributed by atoms with van der Waals surface area (Å²) in [6.07, 6.45) is 1.00. The Labute approximate surface area is 121 Å². The summed E-state index contributed by atoms with van der Waals surface area (Å²) in [7, 11) is 3.93. The molecule has 1 rings (SSSR count). The summed E-state index contributed by atoms with van der Waals surface area (Å²) in [6.45, 7) is 5.22. The van der Waals surface area contributed by atoms with Crippen molar-refractivity contribution >= 4 is 17.4 Å². The zero-order valence-electron chi connectivity index (χ0n) is 12.8. The minimum atomic E-state index is -0.215. The van der Waals surface area contributed by atoms with Gasteiger partial charge in [0.05, 0.1) is 6.10 Å². The van der Waals surface area contributed by atoms with Crippen molar-refractivity contribution in [2.24, 2.45) is 0 Å². The zero-order chi connectivity index (χ0) is 15.0. The molecule has 1 unspecified atom stereocenters. The number of carbonyl (C=O) groups is 1. The Balaban J connectivity index is 2.40. The Hall–Kier alpha value is -1.75. The van der Waals surface area contributed by atoms with Gasteiger partial charge in [-0.15, -0.1) is 0 Å². The van der Waals surface area contributed by atoms with Gasteiger partial charge >= 0.3 is 6.03 Å². The molecule has 0 saturated carbocycles. The van der Waals surface area contributed by atoms with Crippen molar-refractivity contribution in [2.75, 3.05) is 37.5 Å². The van der Waals surface area contributed by atoms with Gasteiger partial charge in [-0.1, -0.05) is 13.0 Å². The van der Waals surface area contributed by atoms with Crippen LogP contribution in [0.5, 0.6) is 0 Å². The van der Waals surface area contributed by atoms with Crippen LogP contribution < -0.4 is 15.5 Å². The third-order valence-electron chi connectivity index (χ3n) is 2.78. The number of benzene rings is 1. The van der Waals surface area contributed by atoms with Gasteiger partial charge in [-0.2, -0.15) is 0 Å². The maximum atomic E-state index is 11.8. The number of hydrogen-bond donors (Lipinski definition) is 2. The van der Waals surface area contributed by atoms with Crippen molar-refractivity contribution in [2.45, 2.75) is 26.4 Å². The van der Waals surface area contributed by atoms with E-state index in [1.165, 1.54) is 0 Å². The third kappa shape index (κ3) is 5.93. The molecule has 112 valence electrons. The Morgan fingerprint density at radius 2 is 2.15 bits per heavy atom. The van der Waals surface area contributed by atoms with E-state index in [4.69, 9.17) is 4.74 Å². The van der Waals surface area contributed by atoms with E-state index >= 15 is 0 Å². The second-order valence-corrected chi connectivity index (χ2v) is 4.96. The second kappa shape index (κ2) is 8.43. The molecule has 0 bridgehead atoms. The van der Waals surface area contributed by atoms with Crippen LogP contribution in [-0.4, -0.2) is 39.4 Å². The predicted molar refractivity (Wildman–Crippen MR) is 83.5 cm³/mol. The third-order valence-corrected chi connectivity index (χ3v) is 2.78. The highest BCUT2D eigenvalue weighted by molar-refractivity contribution is 5.89. The molecule has 0 aromatic heterocycles. The van der Waals surface area contributed by atoms with E-state index in [1.807, 2.05) is 50.2 Å². The van der Waals surface area contributed by atoms with Gasteiger partial charge in [0.15, 0.2) is 0 Å². The molecule has 5 nitrogen and oxygen atoms in total. The lowest BCUT2D eigenvalue weighted by Crippen LogP contribution is -2.35. The molecule has 1 atom stereocenters. The highest BCUT2D eigenvalue weighted by Crippen LogP contribution is 2.16. The molecular weight excluding hydrogens is 254 g/mol. The second-order valence-electron chi connectivity index (χ2n) is 4.96. The highest BCUT2D eigenvalue weighted by Gasteiger charge is 2.06. The van der Waals surface area contributed by atoms with Crippen LogP contribution in [0.1, 0.15) is 20.3 Å². The molecule has 0 fully saturated rings. The largest absolute Gasteiger partial charge is 0.378 e. The van der Waals surface area contributed by atoms with E-state index < -0.39 is 0 Å². The van der Waals surface area contributed by atoms with E-state index in [0.717, 1.165) is 24.4 Å². The number of rotatable bonds is 7. The van der Waals surface area contributed by atoms with E-state index in [0.29, 0.717) is 6.54 Å². The van der Waals surface area contributed by atoms with Gasteiger partial charge in [0.1, 0.15) is 0 Å². The van der Waals surface area contributed by atoms with E-state index in [1.54, 1.807) is 0 Å². The van der Waals surface area contributed by atoms with Gasteiger partial charge in [-0.3, -0.25) is 0 Å². The fraction of sp³-hybridized carbons (Fsp3) is 0.533. The fourth-order valence-electron chi connectivity index (χ4n) is 1.65. The number of urea groups is 1. The molecule has 1 aromatic rings. The number of nitrogens with one attached hydrogen (secondary N) is 2. The smallest absolute Gasteiger partial charge is 0.319 e. The van der Waals surface area contributed by atoms with E-state index in [2.05, 4.69) is 17.6 Å². The molecule has 0 spiro atoms. The first kappa shape index (κ1) is 16.3. The van der Waals surface area contributed by atoms with Crippen LogP contribution in [0.2, 0.25) is 0 Å². The Morgan fingerprint density at radius 1 is 1.40 bits per heavy atom. The first-order chi connectivity index (χ1) is 9.52. The van der Waals surface area contributed by atoms with Gasteiger partial charge in [0, 0.05) is 38.6 Å². The predicted octanol–water partition coefficient (Wildman–Crippen LogP) is 2.69. The summed E-state index contributed by atoms with van der Waals surface area (Å²) in [5.74, 6) is 0. The summed E-state index contributed by atoms with van der Waals surface area (Å²) in [4.78, 5) is 13.8. The van der Waals surface area contributed by atoms with E-state index in [9.17, 15) is 4.79 Å². The normalized spacial score (nSPS) is 11.8. The van der Waals surface area contributed by atoms with Crippen LogP contribution in [0.15, 0.2) is 24.3 Å². The molecule has 2 amide bonds. The lowest BCUT2D eigenvalue weighted by atomic mass is 10.2. The summed E-state index contributed by atoms with van der Waals surface area (Å²) in [5.41, 5.74) is 1.82. The van der Waals surface area contributed by atoms with Crippen molar-refractivity contribution < 1.29 is 9.53 Å². The summed E-state index contributed by atoms with van der Waals surface area (Å²) in [5, 5.41) is 5.62. The summed E-state index contributed by atoms with van der Waals surface area (Å²) >= 11 is 0. The molecule has 20 heavy (non-hydrogen) atoms. The van der Waals surface area contributed by atoms with Crippen LogP contribution in [-0.2, 0) is 4.74 Å². The molecule has 0 radical (unpaired) electrons. The van der Waals surface area contributed by atoms with E-state index in [-0.39, 0.29) is 12.1 Å². The number of nitrogens with zero attached hydrogens (tertiary/aromatic N) is 1. The molecule has 1 aromatic carbocycles. The van der Waals surface area contributed by atoms with Crippen molar-refractivity contribution in [3.8, 4) is 0 Å². The summed E-state index contributed by atoms with van der Waals surface area (Å²) < 4.78 is 5.49. The van der Waals surface area contributed by atoms with Crippen LogP contribution >= 0.6 is 0 Å². The SMILES string of the molecule is CCCOC(C)CNC(=O)Nc1cccc(N(C)C)c1. The van der Waals surface area contributed by atoms with Gasteiger partial charge < -0.3 is 20.3 Å². The Bertz CT molecular complexity index is 421. The number of amides is 2. The van der Waals surface area contributed by atoms with Crippen molar-refractivity contribution in [1.82, 2.24) is 5.32 Å². The zero-order valence-corrected chi connectivity index (χ0v) is 12.8. The fourth-order valence-corrected chi connectivity index (χ4v) is 1.65. The minimum absolute atomic E-state index is 0.0220. The maximum Gasteiger partial charge on any atom is 0.319 e. The molecular formula is C15H25N3O2.